The SMILES string of the molecule is CC(NS(=O)(=O)c1cc(Br)ccc1Br)c1ccsc1. The van der Waals surface area contributed by atoms with Crippen LogP contribution in [-0.2, 0) is 10.0 Å². The van der Waals surface area contributed by atoms with Crippen LogP contribution in [0.2, 0.25) is 0 Å². The van der Waals surface area contributed by atoms with Gasteiger partial charge < -0.3 is 0 Å². The van der Waals surface area contributed by atoms with Crippen molar-refractivity contribution in [3.8, 4) is 0 Å². The van der Waals surface area contributed by atoms with Crippen molar-refractivity contribution in [2.75, 3.05) is 0 Å². The van der Waals surface area contributed by atoms with Gasteiger partial charge in [0.05, 0.1) is 4.90 Å². The Morgan fingerprint density at radius 1 is 1.26 bits per heavy atom. The molecule has 1 aromatic heterocycles. The first-order valence-electron chi connectivity index (χ1n) is 5.39. The Morgan fingerprint density at radius 3 is 2.63 bits per heavy atom. The van der Waals surface area contributed by atoms with Crippen LogP contribution in [0, 0.1) is 0 Å². The first-order valence-corrected chi connectivity index (χ1v) is 9.41. The Bertz CT molecular complexity index is 669. The zero-order chi connectivity index (χ0) is 14.0. The highest BCUT2D eigenvalue weighted by Crippen LogP contribution is 2.27. The lowest BCUT2D eigenvalue weighted by atomic mass is 10.2. The molecule has 0 saturated carbocycles. The molecule has 0 spiro atoms. The molecular weight excluding hydrogens is 414 g/mol. The summed E-state index contributed by atoms with van der Waals surface area (Å²) < 4.78 is 28.6. The predicted octanol–water partition coefficient (Wildman–Crippen LogP) is 4.31. The molecule has 0 aliphatic rings. The fourth-order valence-electron chi connectivity index (χ4n) is 1.57. The van der Waals surface area contributed by atoms with Crippen molar-refractivity contribution in [3.63, 3.8) is 0 Å². The minimum absolute atomic E-state index is 0.226. The van der Waals surface area contributed by atoms with Gasteiger partial charge in [-0.3, -0.25) is 0 Å². The van der Waals surface area contributed by atoms with Crippen LogP contribution in [0.5, 0.6) is 0 Å². The Labute approximate surface area is 133 Å². The van der Waals surface area contributed by atoms with Crippen molar-refractivity contribution in [3.05, 3.63) is 49.5 Å². The highest BCUT2D eigenvalue weighted by Gasteiger charge is 2.21. The van der Waals surface area contributed by atoms with Crippen LogP contribution in [0.3, 0.4) is 0 Å². The maximum absolute atomic E-state index is 12.4. The van der Waals surface area contributed by atoms with Crippen molar-refractivity contribution >= 4 is 53.2 Å². The lowest BCUT2D eigenvalue weighted by Gasteiger charge is -2.14. The Hall–Kier alpha value is -0.210. The Kier molecular flexibility index (Phi) is 4.84. The molecule has 0 amide bonds. The summed E-state index contributed by atoms with van der Waals surface area (Å²) in [5, 5.41) is 3.86. The average molecular weight is 425 g/mol. The molecule has 1 heterocycles. The molecule has 0 saturated heterocycles. The van der Waals surface area contributed by atoms with E-state index in [9.17, 15) is 8.42 Å². The van der Waals surface area contributed by atoms with E-state index in [1.165, 1.54) is 0 Å². The van der Waals surface area contributed by atoms with Gasteiger partial charge in [-0.05, 0) is 63.4 Å². The van der Waals surface area contributed by atoms with Crippen molar-refractivity contribution in [1.29, 1.82) is 0 Å². The van der Waals surface area contributed by atoms with E-state index in [0.717, 1.165) is 10.0 Å². The monoisotopic (exact) mass is 423 g/mol. The summed E-state index contributed by atoms with van der Waals surface area (Å²) >= 11 is 8.09. The molecule has 102 valence electrons. The molecule has 2 rings (SSSR count). The fraction of sp³-hybridized carbons (Fsp3) is 0.167. The van der Waals surface area contributed by atoms with Gasteiger partial charge in [0.1, 0.15) is 0 Å². The van der Waals surface area contributed by atoms with Gasteiger partial charge in [-0.25, -0.2) is 13.1 Å². The van der Waals surface area contributed by atoms with E-state index in [4.69, 9.17) is 0 Å². The van der Waals surface area contributed by atoms with Crippen LogP contribution in [0.1, 0.15) is 18.5 Å². The van der Waals surface area contributed by atoms with Gasteiger partial charge in [0, 0.05) is 15.0 Å². The number of thiophene rings is 1. The van der Waals surface area contributed by atoms with Crippen molar-refractivity contribution in [2.45, 2.75) is 17.9 Å². The minimum atomic E-state index is -3.56. The predicted molar refractivity (Wildman–Crippen MR) is 84.9 cm³/mol. The van der Waals surface area contributed by atoms with E-state index in [1.54, 1.807) is 29.5 Å². The van der Waals surface area contributed by atoms with Crippen molar-refractivity contribution in [1.82, 2.24) is 4.72 Å². The van der Waals surface area contributed by atoms with E-state index < -0.39 is 10.0 Å². The highest BCUT2D eigenvalue weighted by atomic mass is 79.9. The molecular formula is C12H11Br2NO2S2. The van der Waals surface area contributed by atoms with E-state index in [0.29, 0.717) is 4.47 Å². The summed E-state index contributed by atoms with van der Waals surface area (Å²) in [6, 6.07) is 6.71. The second kappa shape index (κ2) is 6.05. The normalized spacial score (nSPS) is 13.4. The third-order valence-corrected chi connectivity index (χ3v) is 6.29. The quantitative estimate of drug-likeness (QED) is 0.794. The molecule has 0 aliphatic heterocycles. The third-order valence-electron chi connectivity index (χ3n) is 2.56. The number of nitrogens with one attached hydrogen (secondary N) is 1. The van der Waals surface area contributed by atoms with Crippen LogP contribution in [-0.4, -0.2) is 8.42 Å². The highest BCUT2D eigenvalue weighted by molar-refractivity contribution is 9.11. The van der Waals surface area contributed by atoms with Gasteiger partial charge in [-0.2, -0.15) is 11.3 Å². The Morgan fingerprint density at radius 2 is 2.00 bits per heavy atom. The average Bonchev–Trinajstić information content (AvgIpc) is 2.85. The van der Waals surface area contributed by atoms with Crippen molar-refractivity contribution in [2.24, 2.45) is 0 Å². The van der Waals surface area contributed by atoms with Crippen LogP contribution in [0.15, 0.2) is 48.9 Å². The number of hydrogen-bond acceptors (Lipinski definition) is 3. The molecule has 1 aromatic carbocycles. The smallest absolute Gasteiger partial charge is 0.207 e. The van der Waals surface area contributed by atoms with Crippen molar-refractivity contribution < 1.29 is 8.42 Å². The molecule has 2 aromatic rings. The standard InChI is InChI=1S/C12H11Br2NO2S2/c1-8(9-4-5-18-7-9)15-19(16,17)12-6-10(13)2-3-11(12)14/h2-8,15H,1H3. The van der Waals surface area contributed by atoms with Gasteiger partial charge in [-0.1, -0.05) is 15.9 Å². The summed E-state index contributed by atoms with van der Waals surface area (Å²) in [4.78, 5) is 0.226. The lowest BCUT2D eigenvalue weighted by molar-refractivity contribution is 0.566. The Balaban J connectivity index is 2.30. The van der Waals surface area contributed by atoms with E-state index in [2.05, 4.69) is 36.6 Å². The minimum Gasteiger partial charge on any atom is -0.207 e. The van der Waals surface area contributed by atoms with Gasteiger partial charge in [-0.15, -0.1) is 0 Å². The maximum Gasteiger partial charge on any atom is 0.242 e. The van der Waals surface area contributed by atoms with Gasteiger partial charge >= 0.3 is 0 Å². The van der Waals surface area contributed by atoms with Crippen LogP contribution in [0.25, 0.3) is 0 Å². The number of benzene rings is 1. The molecule has 0 radical (unpaired) electrons. The molecule has 0 bridgehead atoms. The molecule has 3 nitrogen and oxygen atoms in total. The molecule has 0 aliphatic carbocycles. The molecule has 1 atom stereocenters. The summed E-state index contributed by atoms with van der Waals surface area (Å²) in [5.74, 6) is 0. The molecule has 19 heavy (non-hydrogen) atoms. The molecule has 1 unspecified atom stereocenters. The first-order chi connectivity index (χ1) is 8.90. The van der Waals surface area contributed by atoms with Gasteiger partial charge in [0.2, 0.25) is 10.0 Å². The molecule has 1 N–H and O–H groups in total. The van der Waals surface area contributed by atoms with Gasteiger partial charge in [0.25, 0.3) is 0 Å². The van der Waals surface area contributed by atoms with E-state index in [-0.39, 0.29) is 10.9 Å². The second-order valence-corrected chi connectivity index (χ2v) is 8.21. The number of hydrogen-bond donors (Lipinski definition) is 1. The zero-order valence-corrected chi connectivity index (χ0v) is 14.7. The fourth-order valence-corrected chi connectivity index (χ4v) is 5.06. The largest absolute Gasteiger partial charge is 0.242 e. The van der Waals surface area contributed by atoms with Gasteiger partial charge in [0.15, 0.2) is 0 Å². The van der Waals surface area contributed by atoms with E-state index >= 15 is 0 Å². The summed E-state index contributed by atoms with van der Waals surface area (Å²) in [7, 11) is -3.56. The maximum atomic E-state index is 12.4. The lowest BCUT2D eigenvalue weighted by Crippen LogP contribution is -2.26. The van der Waals surface area contributed by atoms with Crippen LogP contribution >= 0.6 is 43.2 Å². The summed E-state index contributed by atoms with van der Waals surface area (Å²) in [6.45, 7) is 1.82. The number of halogens is 2. The van der Waals surface area contributed by atoms with Crippen LogP contribution in [0.4, 0.5) is 0 Å². The summed E-state index contributed by atoms with van der Waals surface area (Å²) in [6.07, 6.45) is 0. The van der Waals surface area contributed by atoms with E-state index in [1.807, 2.05) is 23.8 Å². The molecule has 0 fully saturated rings. The number of rotatable bonds is 4. The zero-order valence-electron chi connectivity index (χ0n) is 9.93. The third kappa shape index (κ3) is 3.66. The van der Waals surface area contributed by atoms with Crippen LogP contribution < -0.4 is 4.72 Å². The summed E-state index contributed by atoms with van der Waals surface area (Å²) in [5.41, 5.74) is 0.958. The second-order valence-electron chi connectivity index (χ2n) is 3.97. The number of sulfonamides is 1. The molecule has 7 heteroatoms. The topological polar surface area (TPSA) is 46.2 Å². The first kappa shape index (κ1) is 15.2.